The fourth-order valence-corrected chi connectivity index (χ4v) is 2.72. The number of hydrogen-bond acceptors (Lipinski definition) is 4. The van der Waals surface area contributed by atoms with Crippen LogP contribution in [-0.2, 0) is 9.53 Å². The summed E-state index contributed by atoms with van der Waals surface area (Å²) in [5, 5.41) is 2.79. The smallest absolute Gasteiger partial charge is 0.340 e. The highest BCUT2D eigenvalue weighted by atomic mass is 16.5. The second-order valence-corrected chi connectivity index (χ2v) is 6.07. The molecule has 27 heavy (non-hydrogen) atoms. The zero-order chi connectivity index (χ0) is 19.2. The number of carbonyl (C=O) groups is 2. The van der Waals surface area contributed by atoms with Crippen molar-refractivity contribution in [1.82, 2.24) is 0 Å². The average Bonchev–Trinajstić information content (AvgIpc) is 2.69. The second kappa shape index (κ2) is 8.19. The van der Waals surface area contributed by atoms with Crippen molar-refractivity contribution >= 4 is 23.3 Å². The van der Waals surface area contributed by atoms with Gasteiger partial charge in [0.25, 0.3) is 5.91 Å². The fraction of sp³-hybridized carbons (Fsp3) is 0.0909. The molecule has 0 aliphatic rings. The number of nitrogens with one attached hydrogen (secondary N) is 1. The predicted molar refractivity (Wildman–Crippen MR) is 106 cm³/mol. The molecule has 0 bridgehead atoms. The highest BCUT2D eigenvalue weighted by molar-refractivity contribution is 6.00. The van der Waals surface area contributed by atoms with Gasteiger partial charge < -0.3 is 15.8 Å². The molecule has 0 atom stereocenters. The van der Waals surface area contributed by atoms with E-state index in [9.17, 15) is 9.59 Å². The number of benzene rings is 3. The molecule has 3 N–H and O–H groups in total. The van der Waals surface area contributed by atoms with Crippen LogP contribution in [0.4, 0.5) is 11.4 Å². The summed E-state index contributed by atoms with van der Waals surface area (Å²) in [4.78, 5) is 24.4. The van der Waals surface area contributed by atoms with Gasteiger partial charge in [-0.15, -0.1) is 0 Å². The number of esters is 1. The van der Waals surface area contributed by atoms with E-state index in [1.807, 2.05) is 48.5 Å². The molecule has 0 saturated heterocycles. The number of aryl methyl sites for hydroxylation is 1. The number of anilines is 2. The van der Waals surface area contributed by atoms with Crippen LogP contribution in [0.1, 0.15) is 15.9 Å². The molecule has 3 aromatic rings. The van der Waals surface area contributed by atoms with Gasteiger partial charge in [-0.3, -0.25) is 4.79 Å². The molecule has 0 fully saturated rings. The summed E-state index contributed by atoms with van der Waals surface area (Å²) >= 11 is 0. The Kier molecular flexibility index (Phi) is 5.52. The summed E-state index contributed by atoms with van der Waals surface area (Å²) in [7, 11) is 0. The van der Waals surface area contributed by atoms with Crippen molar-refractivity contribution in [2.45, 2.75) is 6.92 Å². The minimum absolute atomic E-state index is 0.257. The summed E-state index contributed by atoms with van der Waals surface area (Å²) in [6, 6.07) is 22.3. The number of hydrogen-bond donors (Lipinski definition) is 2. The molecule has 0 aliphatic carbocycles. The monoisotopic (exact) mass is 360 g/mol. The third-order valence-electron chi connectivity index (χ3n) is 4.16. The number of rotatable bonds is 5. The van der Waals surface area contributed by atoms with Gasteiger partial charge in [0.05, 0.1) is 5.56 Å². The fourth-order valence-electron chi connectivity index (χ4n) is 2.72. The highest BCUT2D eigenvalue weighted by Gasteiger charge is 2.15. The van der Waals surface area contributed by atoms with E-state index in [1.165, 1.54) is 0 Å². The lowest BCUT2D eigenvalue weighted by molar-refractivity contribution is -0.119. The van der Waals surface area contributed by atoms with Crippen LogP contribution in [0.15, 0.2) is 72.8 Å². The molecule has 0 aromatic heterocycles. The Hall–Kier alpha value is -3.60. The molecule has 0 saturated carbocycles. The highest BCUT2D eigenvalue weighted by Crippen LogP contribution is 2.27. The summed E-state index contributed by atoms with van der Waals surface area (Å²) < 4.78 is 5.11. The van der Waals surface area contributed by atoms with Gasteiger partial charge >= 0.3 is 5.97 Å². The van der Waals surface area contributed by atoms with E-state index in [0.29, 0.717) is 11.4 Å². The SMILES string of the molecule is Cc1cccc(C(=O)OCC(=O)Nc2ccccc2-c2ccccc2)c1N. The van der Waals surface area contributed by atoms with Gasteiger partial charge in [-0.05, 0) is 30.2 Å². The normalized spacial score (nSPS) is 10.3. The van der Waals surface area contributed by atoms with Crippen LogP contribution >= 0.6 is 0 Å². The van der Waals surface area contributed by atoms with Crippen LogP contribution in [-0.4, -0.2) is 18.5 Å². The van der Waals surface area contributed by atoms with E-state index in [1.54, 1.807) is 31.2 Å². The summed E-state index contributed by atoms with van der Waals surface area (Å²) in [5.74, 6) is -1.04. The first kappa shape index (κ1) is 18.2. The Bertz CT molecular complexity index is 968. The molecule has 5 heteroatoms. The maximum atomic E-state index is 12.3. The Morgan fingerprint density at radius 3 is 2.41 bits per heavy atom. The van der Waals surface area contributed by atoms with E-state index in [-0.39, 0.29) is 5.56 Å². The van der Waals surface area contributed by atoms with E-state index < -0.39 is 18.5 Å². The minimum atomic E-state index is -0.623. The predicted octanol–water partition coefficient (Wildman–Crippen LogP) is 4.04. The first-order chi connectivity index (χ1) is 13.1. The zero-order valence-corrected chi connectivity index (χ0v) is 14.9. The number of amides is 1. The molecule has 0 unspecified atom stereocenters. The van der Waals surface area contributed by atoms with Crippen molar-refractivity contribution in [3.05, 3.63) is 83.9 Å². The molecule has 0 heterocycles. The van der Waals surface area contributed by atoms with Crippen molar-refractivity contribution in [2.24, 2.45) is 0 Å². The first-order valence-corrected chi connectivity index (χ1v) is 8.53. The van der Waals surface area contributed by atoms with Gasteiger partial charge in [-0.2, -0.15) is 0 Å². The van der Waals surface area contributed by atoms with E-state index in [4.69, 9.17) is 10.5 Å². The summed E-state index contributed by atoms with van der Waals surface area (Å²) in [6.07, 6.45) is 0. The molecule has 3 rings (SSSR count). The van der Waals surface area contributed by atoms with Crippen LogP contribution in [0.5, 0.6) is 0 Å². The lowest BCUT2D eigenvalue weighted by atomic mass is 10.0. The second-order valence-electron chi connectivity index (χ2n) is 6.07. The molecule has 1 amide bonds. The summed E-state index contributed by atoms with van der Waals surface area (Å²) in [6.45, 7) is 1.41. The van der Waals surface area contributed by atoms with Crippen LogP contribution in [0.3, 0.4) is 0 Å². The molecule has 0 aliphatic heterocycles. The summed E-state index contributed by atoms with van der Waals surface area (Å²) in [5.41, 5.74) is 9.82. The third-order valence-corrected chi connectivity index (χ3v) is 4.16. The largest absolute Gasteiger partial charge is 0.452 e. The van der Waals surface area contributed by atoms with Gasteiger partial charge in [0.2, 0.25) is 0 Å². The maximum Gasteiger partial charge on any atom is 0.340 e. The van der Waals surface area contributed by atoms with Crippen molar-refractivity contribution < 1.29 is 14.3 Å². The van der Waals surface area contributed by atoms with Crippen LogP contribution in [0, 0.1) is 6.92 Å². The topological polar surface area (TPSA) is 81.4 Å². The van der Waals surface area contributed by atoms with Gasteiger partial charge in [0.1, 0.15) is 0 Å². The van der Waals surface area contributed by atoms with Crippen molar-refractivity contribution in [1.29, 1.82) is 0 Å². The third kappa shape index (κ3) is 4.33. The average molecular weight is 360 g/mol. The quantitative estimate of drug-likeness (QED) is 0.531. The van der Waals surface area contributed by atoms with E-state index >= 15 is 0 Å². The van der Waals surface area contributed by atoms with Crippen molar-refractivity contribution in [3.8, 4) is 11.1 Å². The van der Waals surface area contributed by atoms with Crippen molar-refractivity contribution in [2.75, 3.05) is 17.7 Å². The van der Waals surface area contributed by atoms with E-state index in [2.05, 4.69) is 5.32 Å². The Balaban J connectivity index is 1.67. The van der Waals surface area contributed by atoms with Gasteiger partial charge in [-0.1, -0.05) is 60.7 Å². The lowest BCUT2D eigenvalue weighted by Gasteiger charge is -2.12. The maximum absolute atomic E-state index is 12.3. The number of nitrogen functional groups attached to an aromatic ring is 1. The molecule has 136 valence electrons. The van der Waals surface area contributed by atoms with Gasteiger partial charge in [-0.25, -0.2) is 4.79 Å². The molecular weight excluding hydrogens is 340 g/mol. The van der Waals surface area contributed by atoms with Crippen molar-refractivity contribution in [3.63, 3.8) is 0 Å². The van der Waals surface area contributed by atoms with E-state index in [0.717, 1.165) is 16.7 Å². The van der Waals surface area contributed by atoms with Crippen LogP contribution < -0.4 is 11.1 Å². The minimum Gasteiger partial charge on any atom is -0.452 e. The molecule has 3 aromatic carbocycles. The molecule has 0 radical (unpaired) electrons. The van der Waals surface area contributed by atoms with Crippen LogP contribution in [0.2, 0.25) is 0 Å². The number of ether oxygens (including phenoxy) is 1. The first-order valence-electron chi connectivity index (χ1n) is 8.53. The molecule has 0 spiro atoms. The Morgan fingerprint density at radius 1 is 0.926 bits per heavy atom. The molecular formula is C22H20N2O3. The number of carbonyl (C=O) groups excluding carboxylic acids is 2. The molecule has 5 nitrogen and oxygen atoms in total. The van der Waals surface area contributed by atoms with Gasteiger partial charge in [0, 0.05) is 16.9 Å². The Morgan fingerprint density at radius 2 is 1.63 bits per heavy atom. The van der Waals surface area contributed by atoms with Crippen LogP contribution in [0.25, 0.3) is 11.1 Å². The lowest BCUT2D eigenvalue weighted by Crippen LogP contribution is -2.21. The van der Waals surface area contributed by atoms with Gasteiger partial charge in [0.15, 0.2) is 6.61 Å². The standard InChI is InChI=1S/C22H20N2O3/c1-15-8-7-12-18(21(15)23)22(26)27-14-20(25)24-19-13-6-5-11-17(19)16-9-3-2-4-10-16/h2-13H,14,23H2,1H3,(H,24,25). The number of para-hydroxylation sites is 2. The zero-order valence-electron chi connectivity index (χ0n) is 14.9. The number of nitrogens with two attached hydrogens (primary N) is 1. The Labute approximate surface area is 157 Å².